The van der Waals surface area contributed by atoms with Crippen LogP contribution in [0.3, 0.4) is 0 Å². The number of amides is 1. The highest BCUT2D eigenvalue weighted by Crippen LogP contribution is 2.23. The third-order valence-electron chi connectivity index (χ3n) is 4.26. The number of hydrogen-bond acceptors (Lipinski definition) is 6. The molecule has 2 heterocycles. The molecule has 4 aromatic rings. The number of nitrogens with zero attached hydrogens (tertiary/aromatic N) is 3. The summed E-state index contributed by atoms with van der Waals surface area (Å²) in [7, 11) is 1.60. The normalized spacial score (nSPS) is 10.8. The number of anilines is 1. The second kappa shape index (κ2) is 7.87. The summed E-state index contributed by atoms with van der Waals surface area (Å²) in [6.07, 6.45) is 2.28. The monoisotopic (exact) mass is 374 g/mol. The minimum Gasteiger partial charge on any atom is -0.497 e. The first kappa shape index (κ1) is 17.7. The van der Waals surface area contributed by atoms with Crippen LogP contribution < -0.4 is 10.1 Å². The first-order valence-electron chi connectivity index (χ1n) is 8.83. The lowest BCUT2D eigenvalue weighted by atomic mass is 10.2. The van der Waals surface area contributed by atoms with Crippen molar-refractivity contribution in [3.8, 4) is 17.2 Å². The van der Waals surface area contributed by atoms with Gasteiger partial charge in [0.1, 0.15) is 5.75 Å². The SMILES string of the molecule is COc1cccc(-c2nnc(CCC(=O)Nc3cccc4cccnc34)o2)c1. The van der Waals surface area contributed by atoms with Gasteiger partial charge in [-0.05, 0) is 30.3 Å². The fourth-order valence-electron chi connectivity index (χ4n) is 2.87. The van der Waals surface area contributed by atoms with Gasteiger partial charge >= 0.3 is 0 Å². The molecule has 0 radical (unpaired) electrons. The van der Waals surface area contributed by atoms with Gasteiger partial charge < -0.3 is 14.5 Å². The Hall–Kier alpha value is -3.74. The van der Waals surface area contributed by atoms with Crippen molar-refractivity contribution in [3.05, 3.63) is 66.7 Å². The molecule has 28 heavy (non-hydrogen) atoms. The van der Waals surface area contributed by atoms with Crippen molar-refractivity contribution in [2.45, 2.75) is 12.8 Å². The zero-order chi connectivity index (χ0) is 19.3. The Labute approximate surface area is 161 Å². The summed E-state index contributed by atoms with van der Waals surface area (Å²) >= 11 is 0. The molecule has 2 aromatic heterocycles. The van der Waals surface area contributed by atoms with Crippen molar-refractivity contribution in [1.82, 2.24) is 15.2 Å². The van der Waals surface area contributed by atoms with Crippen molar-refractivity contribution < 1.29 is 13.9 Å². The summed E-state index contributed by atoms with van der Waals surface area (Å²) in [5.74, 6) is 1.37. The van der Waals surface area contributed by atoms with Gasteiger partial charge in [0.05, 0.1) is 18.3 Å². The molecule has 7 heteroatoms. The number of pyridine rings is 1. The smallest absolute Gasteiger partial charge is 0.247 e. The van der Waals surface area contributed by atoms with Crippen molar-refractivity contribution >= 4 is 22.5 Å². The van der Waals surface area contributed by atoms with Gasteiger partial charge in [0.2, 0.25) is 17.7 Å². The summed E-state index contributed by atoms with van der Waals surface area (Å²) in [6, 6.07) is 16.9. The number of aromatic nitrogens is 3. The number of ether oxygens (including phenoxy) is 1. The average Bonchev–Trinajstić information content (AvgIpc) is 3.22. The maximum absolute atomic E-state index is 12.3. The number of benzene rings is 2. The van der Waals surface area contributed by atoms with Gasteiger partial charge in [-0.3, -0.25) is 9.78 Å². The van der Waals surface area contributed by atoms with E-state index in [-0.39, 0.29) is 12.3 Å². The van der Waals surface area contributed by atoms with E-state index in [1.54, 1.807) is 13.3 Å². The van der Waals surface area contributed by atoms with Gasteiger partial charge in [0.15, 0.2) is 0 Å². The molecule has 7 nitrogen and oxygen atoms in total. The molecule has 140 valence electrons. The summed E-state index contributed by atoms with van der Waals surface area (Å²) in [5, 5.41) is 12.0. The van der Waals surface area contributed by atoms with Gasteiger partial charge in [-0.15, -0.1) is 10.2 Å². The lowest BCUT2D eigenvalue weighted by Gasteiger charge is -2.07. The van der Waals surface area contributed by atoms with Gasteiger partial charge in [-0.2, -0.15) is 0 Å². The van der Waals surface area contributed by atoms with Crippen molar-refractivity contribution in [1.29, 1.82) is 0 Å². The van der Waals surface area contributed by atoms with Crippen molar-refractivity contribution in [2.75, 3.05) is 12.4 Å². The van der Waals surface area contributed by atoms with E-state index in [4.69, 9.17) is 9.15 Å². The van der Waals surface area contributed by atoms with Crippen LogP contribution in [-0.2, 0) is 11.2 Å². The van der Waals surface area contributed by atoms with Crippen LogP contribution in [0, 0.1) is 0 Å². The maximum Gasteiger partial charge on any atom is 0.247 e. The molecule has 0 aliphatic carbocycles. The van der Waals surface area contributed by atoms with Crippen LogP contribution >= 0.6 is 0 Å². The van der Waals surface area contributed by atoms with Crippen LogP contribution in [0.15, 0.2) is 65.2 Å². The van der Waals surface area contributed by atoms with E-state index >= 15 is 0 Å². The number of carbonyl (C=O) groups is 1. The first-order chi connectivity index (χ1) is 13.7. The van der Waals surface area contributed by atoms with E-state index in [9.17, 15) is 4.79 Å². The number of fused-ring (bicyclic) bond motifs is 1. The Morgan fingerprint density at radius 2 is 1.96 bits per heavy atom. The predicted molar refractivity (Wildman–Crippen MR) is 105 cm³/mol. The van der Waals surface area contributed by atoms with Crippen LogP contribution in [0.2, 0.25) is 0 Å². The first-order valence-corrected chi connectivity index (χ1v) is 8.83. The summed E-state index contributed by atoms with van der Waals surface area (Å²) in [6.45, 7) is 0. The molecule has 0 spiro atoms. The van der Waals surface area contributed by atoms with E-state index < -0.39 is 0 Å². The molecule has 1 N–H and O–H groups in total. The Morgan fingerprint density at radius 3 is 2.86 bits per heavy atom. The van der Waals surface area contributed by atoms with E-state index in [1.807, 2.05) is 54.6 Å². The molecule has 0 atom stereocenters. The minimum absolute atomic E-state index is 0.140. The highest BCUT2D eigenvalue weighted by Gasteiger charge is 2.12. The Balaban J connectivity index is 1.40. The zero-order valence-corrected chi connectivity index (χ0v) is 15.3. The van der Waals surface area contributed by atoms with Crippen LogP contribution in [0.1, 0.15) is 12.3 Å². The molecule has 1 amide bonds. The molecule has 0 bridgehead atoms. The van der Waals surface area contributed by atoms with Crippen molar-refractivity contribution in [2.24, 2.45) is 0 Å². The summed E-state index contributed by atoms with van der Waals surface area (Å²) in [5.41, 5.74) is 2.21. The second-order valence-electron chi connectivity index (χ2n) is 6.16. The number of para-hydroxylation sites is 1. The highest BCUT2D eigenvalue weighted by molar-refractivity contribution is 6.00. The molecule has 0 aliphatic rings. The number of nitrogens with one attached hydrogen (secondary N) is 1. The molecule has 4 rings (SSSR count). The number of hydrogen-bond donors (Lipinski definition) is 1. The van der Waals surface area contributed by atoms with Crippen LogP contribution in [0.5, 0.6) is 5.75 Å². The maximum atomic E-state index is 12.3. The Kier molecular flexibility index (Phi) is 4.97. The minimum atomic E-state index is -0.140. The van der Waals surface area contributed by atoms with Crippen molar-refractivity contribution in [3.63, 3.8) is 0 Å². The lowest BCUT2D eigenvalue weighted by Crippen LogP contribution is -2.13. The molecule has 2 aromatic carbocycles. The Morgan fingerprint density at radius 1 is 1.11 bits per heavy atom. The van der Waals surface area contributed by atoms with Crippen LogP contribution in [0.25, 0.3) is 22.4 Å². The van der Waals surface area contributed by atoms with E-state index in [1.165, 1.54) is 0 Å². The summed E-state index contributed by atoms with van der Waals surface area (Å²) < 4.78 is 10.9. The number of carbonyl (C=O) groups excluding carboxylic acids is 1. The van der Waals surface area contributed by atoms with E-state index in [2.05, 4.69) is 20.5 Å². The molecule has 0 aliphatic heterocycles. The number of rotatable bonds is 6. The molecule has 0 unspecified atom stereocenters. The zero-order valence-electron chi connectivity index (χ0n) is 15.3. The van der Waals surface area contributed by atoms with Crippen LogP contribution in [-0.4, -0.2) is 28.2 Å². The number of methoxy groups -OCH3 is 1. The summed E-state index contributed by atoms with van der Waals surface area (Å²) in [4.78, 5) is 16.7. The number of aryl methyl sites for hydroxylation is 1. The lowest BCUT2D eigenvalue weighted by molar-refractivity contribution is -0.116. The van der Waals surface area contributed by atoms with Gasteiger partial charge in [-0.1, -0.05) is 24.3 Å². The third-order valence-corrected chi connectivity index (χ3v) is 4.26. The molecular formula is C21H18N4O3. The highest BCUT2D eigenvalue weighted by atomic mass is 16.5. The van der Waals surface area contributed by atoms with Gasteiger partial charge in [-0.25, -0.2) is 0 Å². The fraction of sp³-hybridized carbons (Fsp3) is 0.143. The van der Waals surface area contributed by atoms with Gasteiger partial charge in [0, 0.05) is 30.0 Å². The topological polar surface area (TPSA) is 90.1 Å². The molecule has 0 fully saturated rings. The Bertz CT molecular complexity index is 1120. The van der Waals surface area contributed by atoms with E-state index in [0.29, 0.717) is 29.6 Å². The van der Waals surface area contributed by atoms with Gasteiger partial charge in [0.25, 0.3) is 0 Å². The second-order valence-corrected chi connectivity index (χ2v) is 6.16. The largest absolute Gasteiger partial charge is 0.497 e. The van der Waals surface area contributed by atoms with Crippen LogP contribution in [0.4, 0.5) is 5.69 Å². The molecule has 0 saturated carbocycles. The quantitative estimate of drug-likeness (QED) is 0.551. The standard InChI is InChI=1S/C21H18N4O3/c1-27-16-8-2-6-15(13-16)21-25-24-19(28-21)11-10-18(26)23-17-9-3-5-14-7-4-12-22-20(14)17/h2-9,12-13H,10-11H2,1H3,(H,23,26). The predicted octanol–water partition coefficient (Wildman–Crippen LogP) is 3.86. The average molecular weight is 374 g/mol. The molecular weight excluding hydrogens is 356 g/mol. The van der Waals surface area contributed by atoms with E-state index in [0.717, 1.165) is 16.5 Å². The fourth-order valence-corrected chi connectivity index (χ4v) is 2.87. The molecule has 0 saturated heterocycles. The third kappa shape index (κ3) is 3.83.